The molecule has 0 spiro atoms. The summed E-state index contributed by atoms with van der Waals surface area (Å²) in [5.74, 6) is 1.57. The summed E-state index contributed by atoms with van der Waals surface area (Å²) < 4.78 is 31.2. The third-order valence-electron chi connectivity index (χ3n) is 8.17. The van der Waals surface area contributed by atoms with Crippen molar-refractivity contribution in [3.05, 3.63) is 150 Å². The number of rotatable bonds is 5. The zero-order chi connectivity index (χ0) is 34.5. The summed E-state index contributed by atoms with van der Waals surface area (Å²) in [6, 6.07) is 45.6. The van der Waals surface area contributed by atoms with E-state index in [1.807, 2.05) is 91.9 Å². The molecule has 2 heterocycles. The Balaban J connectivity index is 0.000000324. The predicted molar refractivity (Wildman–Crippen MR) is 186 cm³/mol. The van der Waals surface area contributed by atoms with Gasteiger partial charge in [0.1, 0.15) is 21.5 Å². The molecule has 0 fully saturated rings. The molecule has 0 radical (unpaired) electrons. The Labute approximate surface area is 285 Å². The molecule has 0 bridgehead atoms. The number of hydrogen-bond acceptors (Lipinski definition) is 8. The maximum Gasteiger partial charge on any atom is 0.277 e. The second-order valence-corrected chi connectivity index (χ2v) is 12.8. The van der Waals surface area contributed by atoms with Crippen molar-refractivity contribution in [3.63, 3.8) is 0 Å². The average Bonchev–Trinajstić information content (AvgIpc) is 3.42. The molecule has 10 heteroatoms. The molecule has 0 amide bonds. The number of aryl methyl sites for hydroxylation is 1. The Bertz CT molecular complexity index is 2160. The minimum absolute atomic E-state index is 0.0829. The van der Waals surface area contributed by atoms with E-state index in [0.717, 1.165) is 56.0 Å². The Morgan fingerprint density at radius 1 is 0.694 bits per heavy atom. The fourth-order valence-electron chi connectivity index (χ4n) is 5.73. The third kappa shape index (κ3) is 6.93. The van der Waals surface area contributed by atoms with Crippen molar-refractivity contribution < 1.29 is 17.9 Å². The van der Waals surface area contributed by atoms with Gasteiger partial charge < -0.3 is 4.55 Å². The minimum atomic E-state index is -4.27. The quantitative estimate of drug-likeness (QED) is 0.199. The van der Waals surface area contributed by atoms with Crippen molar-refractivity contribution in [2.24, 2.45) is 0 Å². The van der Waals surface area contributed by atoms with Crippen molar-refractivity contribution in [2.45, 2.75) is 24.9 Å². The highest BCUT2D eigenvalue weighted by Crippen LogP contribution is 2.40. The third-order valence-corrected chi connectivity index (χ3v) is 9.02. The monoisotopic (exact) mass is 662 g/mol. The van der Waals surface area contributed by atoms with Crippen LogP contribution in [-0.2, 0) is 10.1 Å². The first kappa shape index (κ1) is 32.8. The van der Waals surface area contributed by atoms with Crippen molar-refractivity contribution in [1.29, 1.82) is 10.5 Å². The standard InChI is InChI=1S/C32H22N6.C7H8O3S/c1-22-37(27-16-12-23(20-33)13-17-27)31-32(38(22)28-18-14-24(21-34)15-19-28)36-30(26-10-6-3-7-11-26)29(35-31)25-8-4-2-5-9-25;1-6-2-4-7(5-3-6)11(8,9)10/h2-19,22H,1H3;2-5H,1H3,(H,8,9,10). The van der Waals surface area contributed by atoms with Crippen molar-refractivity contribution in [2.75, 3.05) is 4.90 Å². The fourth-order valence-corrected chi connectivity index (χ4v) is 6.20. The number of quaternary nitrogens is 1. The molecule has 0 aliphatic carbocycles. The van der Waals surface area contributed by atoms with Crippen LogP contribution in [0.1, 0.15) is 23.6 Å². The van der Waals surface area contributed by atoms with E-state index < -0.39 is 10.1 Å². The van der Waals surface area contributed by atoms with Gasteiger partial charge in [0.15, 0.2) is 6.17 Å². The summed E-state index contributed by atoms with van der Waals surface area (Å²) in [6.45, 7) is 3.96. The van der Waals surface area contributed by atoms with Gasteiger partial charge in [0.2, 0.25) is 5.82 Å². The van der Waals surface area contributed by atoms with E-state index in [0.29, 0.717) is 11.1 Å². The molecule has 1 aliphatic heterocycles. The maximum absolute atomic E-state index is 10.4. The van der Waals surface area contributed by atoms with Gasteiger partial charge in [-0.05, 0) is 55.5 Å². The summed E-state index contributed by atoms with van der Waals surface area (Å²) in [5, 5.41) is 18.7. The highest BCUT2D eigenvalue weighted by Gasteiger charge is 2.44. The van der Waals surface area contributed by atoms with E-state index in [2.05, 4.69) is 48.2 Å². The molecule has 0 saturated heterocycles. The van der Waals surface area contributed by atoms with Gasteiger partial charge in [0.25, 0.3) is 5.82 Å². The number of nitrogens with zero attached hydrogens (tertiary/aromatic N) is 5. The number of aromatic nitrogens is 2. The van der Waals surface area contributed by atoms with Gasteiger partial charge in [0.05, 0.1) is 33.9 Å². The fraction of sp³-hybridized carbons (Fsp3) is 0.0769. The molecule has 9 nitrogen and oxygen atoms in total. The Kier molecular flexibility index (Phi) is 9.29. The number of fused-ring (bicyclic) bond motifs is 1. The second kappa shape index (κ2) is 13.9. The molecule has 49 heavy (non-hydrogen) atoms. The summed E-state index contributed by atoms with van der Waals surface area (Å²) in [7, 11) is -4.27. The molecule has 1 aromatic heterocycles. The first-order chi connectivity index (χ1) is 23.7. The topological polar surface area (TPSA) is 138 Å². The van der Waals surface area contributed by atoms with E-state index in [-0.39, 0.29) is 11.1 Å². The number of hydrogen-bond donors (Lipinski definition) is 1. The van der Waals surface area contributed by atoms with Crippen molar-refractivity contribution in [1.82, 2.24) is 9.97 Å². The molecule has 0 saturated carbocycles. The Hall–Kier alpha value is -6.17. The van der Waals surface area contributed by atoms with Gasteiger partial charge in [-0.3, -0.25) is 4.90 Å². The van der Waals surface area contributed by atoms with E-state index in [1.165, 1.54) is 12.1 Å². The van der Waals surface area contributed by atoms with Gasteiger partial charge in [0, 0.05) is 35.9 Å². The normalized spacial score (nSPS) is 14.9. The van der Waals surface area contributed by atoms with Gasteiger partial charge >= 0.3 is 0 Å². The number of anilines is 2. The molecule has 6 aromatic rings. The maximum atomic E-state index is 10.4. The molecular weight excluding hydrogens is 633 g/mol. The van der Waals surface area contributed by atoms with Crippen LogP contribution >= 0.6 is 0 Å². The molecule has 7 rings (SSSR count). The molecular formula is C39H30N6O3S. The van der Waals surface area contributed by atoms with Crippen LogP contribution in [0.2, 0.25) is 0 Å². The lowest BCUT2D eigenvalue weighted by Crippen LogP contribution is -3.06. The molecule has 240 valence electrons. The van der Waals surface area contributed by atoms with E-state index >= 15 is 0 Å². The second-order valence-electron chi connectivity index (χ2n) is 11.4. The molecule has 2 atom stereocenters. The lowest BCUT2D eigenvalue weighted by molar-refractivity contribution is -0.782. The van der Waals surface area contributed by atoms with E-state index in [4.69, 9.17) is 9.97 Å². The lowest BCUT2D eigenvalue weighted by Gasteiger charge is -2.24. The summed E-state index contributed by atoms with van der Waals surface area (Å²) in [5.41, 5.74) is 7.67. The van der Waals surface area contributed by atoms with Crippen LogP contribution in [0.15, 0.2) is 138 Å². The minimum Gasteiger partial charge on any atom is -0.744 e. The van der Waals surface area contributed by atoms with E-state index in [1.54, 1.807) is 12.1 Å². The molecule has 5 aromatic carbocycles. The van der Waals surface area contributed by atoms with E-state index in [9.17, 15) is 23.5 Å². The SMILES string of the molecule is CC1N(c2ccc(C#N)cc2)c2nc(-c3ccccc3)c(-c3ccccc3)nc2[NH+]1c1ccc(C#N)cc1.Cc1ccc(S(=O)(=O)[O-])cc1. The van der Waals surface area contributed by atoms with Crippen LogP contribution in [-0.4, -0.2) is 29.1 Å². The van der Waals surface area contributed by atoms with Crippen molar-refractivity contribution >= 4 is 33.1 Å². The van der Waals surface area contributed by atoms with Gasteiger partial charge in [-0.1, -0.05) is 78.4 Å². The smallest absolute Gasteiger partial charge is 0.277 e. The van der Waals surface area contributed by atoms with Crippen molar-refractivity contribution in [3.8, 4) is 34.7 Å². The predicted octanol–water partition coefficient (Wildman–Crippen LogP) is 6.80. The first-order valence-electron chi connectivity index (χ1n) is 15.4. The molecule has 1 N–H and O–H groups in total. The molecule has 1 aliphatic rings. The summed E-state index contributed by atoms with van der Waals surface area (Å²) in [6.07, 6.45) is -0.0829. The van der Waals surface area contributed by atoms with Gasteiger partial charge in [-0.2, -0.15) is 15.5 Å². The first-order valence-corrected chi connectivity index (χ1v) is 16.8. The van der Waals surface area contributed by atoms with Crippen LogP contribution in [0.5, 0.6) is 0 Å². The van der Waals surface area contributed by atoms with Crippen LogP contribution in [0, 0.1) is 29.6 Å². The average molecular weight is 663 g/mol. The number of nitriles is 2. The van der Waals surface area contributed by atoms with Crippen LogP contribution < -0.4 is 9.80 Å². The van der Waals surface area contributed by atoms with Crippen LogP contribution in [0.4, 0.5) is 23.0 Å². The number of nitrogens with one attached hydrogen (secondary N) is 1. The molecule has 2 unspecified atom stereocenters. The highest BCUT2D eigenvalue weighted by atomic mass is 32.2. The van der Waals surface area contributed by atoms with Gasteiger partial charge in [-0.25, -0.2) is 18.3 Å². The van der Waals surface area contributed by atoms with Gasteiger partial charge in [-0.15, -0.1) is 0 Å². The van der Waals surface area contributed by atoms with Crippen LogP contribution in [0.25, 0.3) is 22.5 Å². The number of benzene rings is 5. The Morgan fingerprint density at radius 3 is 1.67 bits per heavy atom. The highest BCUT2D eigenvalue weighted by molar-refractivity contribution is 7.85. The largest absolute Gasteiger partial charge is 0.744 e. The lowest BCUT2D eigenvalue weighted by atomic mass is 10.0. The zero-order valence-electron chi connectivity index (χ0n) is 26.6. The zero-order valence-corrected chi connectivity index (χ0v) is 27.5. The Morgan fingerprint density at radius 2 is 1.18 bits per heavy atom. The summed E-state index contributed by atoms with van der Waals surface area (Å²) in [4.78, 5) is 13.6. The van der Waals surface area contributed by atoms with Crippen LogP contribution in [0.3, 0.4) is 0 Å². The summed E-state index contributed by atoms with van der Waals surface area (Å²) >= 11 is 0.